The van der Waals surface area contributed by atoms with E-state index in [1.807, 2.05) is 24.3 Å². The normalized spacial score (nSPS) is 29.3. The average molecular weight is 280 g/mol. The van der Waals surface area contributed by atoms with Gasteiger partial charge in [0.1, 0.15) is 5.75 Å². The summed E-state index contributed by atoms with van der Waals surface area (Å²) in [6, 6.07) is 7.53. The van der Waals surface area contributed by atoms with Crippen LogP contribution in [-0.4, -0.2) is 31.1 Å². The van der Waals surface area contributed by atoms with Gasteiger partial charge in [0.05, 0.1) is 25.7 Å². The van der Waals surface area contributed by atoms with E-state index in [1.54, 1.807) is 21.0 Å². The van der Waals surface area contributed by atoms with Gasteiger partial charge >= 0.3 is 5.97 Å². The fourth-order valence-corrected chi connectivity index (χ4v) is 2.14. The van der Waals surface area contributed by atoms with Crippen LogP contribution in [0.5, 0.6) is 5.75 Å². The molecule has 2 rings (SSSR count). The number of benzene rings is 1. The molecule has 1 heterocycles. The van der Waals surface area contributed by atoms with Crippen LogP contribution in [0.4, 0.5) is 0 Å². The third-order valence-electron chi connectivity index (χ3n) is 3.96. The van der Waals surface area contributed by atoms with Crippen LogP contribution < -0.4 is 4.74 Å². The third-order valence-corrected chi connectivity index (χ3v) is 3.96. The zero-order valence-electron chi connectivity index (χ0n) is 12.0. The molecule has 1 fully saturated rings. The summed E-state index contributed by atoms with van der Waals surface area (Å²) in [5, 5.41) is 9.57. The molecular formula is C15H20O5. The Hall–Kier alpha value is -1.59. The number of aliphatic hydroxyl groups is 1. The molecule has 0 bridgehead atoms. The van der Waals surface area contributed by atoms with Crippen molar-refractivity contribution in [1.82, 2.24) is 0 Å². The molecule has 0 saturated carbocycles. The fraction of sp³-hybridized carbons (Fsp3) is 0.533. The Bertz CT molecular complexity index is 470. The molecule has 0 unspecified atom stereocenters. The second-order valence-electron chi connectivity index (χ2n) is 5.34. The van der Waals surface area contributed by atoms with Crippen LogP contribution in [-0.2, 0) is 20.9 Å². The lowest BCUT2D eigenvalue weighted by molar-refractivity contribution is -0.159. The van der Waals surface area contributed by atoms with E-state index in [1.165, 1.54) is 0 Å². The van der Waals surface area contributed by atoms with Gasteiger partial charge in [0, 0.05) is 5.92 Å². The maximum Gasteiger partial charge on any atom is 0.316 e. The molecule has 0 radical (unpaired) electrons. The number of carbonyl (C=O) groups excluding carboxylic acids is 1. The summed E-state index contributed by atoms with van der Waals surface area (Å²) in [5.41, 5.74) is 0.195. The number of aliphatic hydroxyl groups excluding tert-OH is 1. The van der Waals surface area contributed by atoms with Crippen LogP contribution in [0, 0.1) is 11.3 Å². The van der Waals surface area contributed by atoms with Crippen molar-refractivity contribution >= 4 is 5.97 Å². The molecule has 1 aliphatic rings. The Morgan fingerprint density at radius 3 is 2.50 bits per heavy atom. The number of carbonyl (C=O) groups is 1. The summed E-state index contributed by atoms with van der Waals surface area (Å²) < 4.78 is 15.5. The van der Waals surface area contributed by atoms with Gasteiger partial charge in [-0.1, -0.05) is 19.1 Å². The van der Waals surface area contributed by atoms with Crippen molar-refractivity contribution in [3.8, 4) is 5.75 Å². The van der Waals surface area contributed by atoms with Crippen LogP contribution in [0.3, 0.4) is 0 Å². The molecule has 0 spiro atoms. The second kappa shape index (κ2) is 5.81. The van der Waals surface area contributed by atoms with E-state index in [2.05, 4.69) is 0 Å². The first kappa shape index (κ1) is 14.8. The molecule has 0 aliphatic carbocycles. The van der Waals surface area contributed by atoms with E-state index in [0.29, 0.717) is 6.61 Å². The Morgan fingerprint density at radius 1 is 1.35 bits per heavy atom. The van der Waals surface area contributed by atoms with Gasteiger partial charge in [-0.2, -0.15) is 0 Å². The van der Waals surface area contributed by atoms with E-state index < -0.39 is 17.7 Å². The summed E-state index contributed by atoms with van der Waals surface area (Å²) in [5.74, 6) is 0.0925. The van der Waals surface area contributed by atoms with Gasteiger partial charge < -0.3 is 19.3 Å². The number of hydrogen-bond donors (Lipinski definition) is 1. The highest BCUT2D eigenvalue weighted by Gasteiger charge is 2.51. The third kappa shape index (κ3) is 2.78. The Kier molecular flexibility index (Phi) is 4.30. The zero-order chi connectivity index (χ0) is 14.8. The zero-order valence-corrected chi connectivity index (χ0v) is 12.0. The molecule has 20 heavy (non-hydrogen) atoms. The number of esters is 1. The molecule has 0 amide bonds. The van der Waals surface area contributed by atoms with Gasteiger partial charge in [-0.05, 0) is 24.6 Å². The average Bonchev–Trinajstić information content (AvgIpc) is 2.64. The predicted molar refractivity (Wildman–Crippen MR) is 72.0 cm³/mol. The molecule has 3 atom stereocenters. The molecule has 1 N–H and O–H groups in total. The monoisotopic (exact) mass is 280 g/mol. The van der Waals surface area contributed by atoms with Crippen molar-refractivity contribution in [2.45, 2.75) is 26.7 Å². The van der Waals surface area contributed by atoms with Crippen LogP contribution in [0.2, 0.25) is 0 Å². The number of methoxy groups -OCH3 is 1. The number of cyclic esters (lactones) is 1. The van der Waals surface area contributed by atoms with Crippen LogP contribution in [0.15, 0.2) is 24.3 Å². The smallest absolute Gasteiger partial charge is 0.316 e. The molecule has 5 heteroatoms. The molecule has 0 aromatic heterocycles. The SMILES string of the molecule is COc1ccc(COC[C@@]2(C)C(=O)O[C@H](O)[C@H]2C)cc1. The molecule has 1 aliphatic heterocycles. The lowest BCUT2D eigenvalue weighted by Gasteiger charge is -2.24. The Balaban J connectivity index is 1.90. The fourth-order valence-electron chi connectivity index (χ4n) is 2.14. The van der Waals surface area contributed by atoms with E-state index in [4.69, 9.17) is 14.2 Å². The maximum atomic E-state index is 11.8. The summed E-state index contributed by atoms with van der Waals surface area (Å²) in [7, 11) is 1.62. The van der Waals surface area contributed by atoms with Crippen molar-refractivity contribution in [3.05, 3.63) is 29.8 Å². The predicted octanol–water partition coefficient (Wildman–Crippen LogP) is 1.73. The maximum absolute atomic E-state index is 11.8. The van der Waals surface area contributed by atoms with Gasteiger partial charge in [-0.15, -0.1) is 0 Å². The van der Waals surface area contributed by atoms with Crippen molar-refractivity contribution in [1.29, 1.82) is 0 Å². The minimum Gasteiger partial charge on any atom is -0.497 e. The molecule has 1 aromatic rings. The van der Waals surface area contributed by atoms with Crippen molar-refractivity contribution < 1.29 is 24.1 Å². The second-order valence-corrected chi connectivity index (χ2v) is 5.34. The largest absolute Gasteiger partial charge is 0.497 e. The summed E-state index contributed by atoms with van der Waals surface area (Å²) in [6.07, 6.45) is -1.04. The van der Waals surface area contributed by atoms with Gasteiger partial charge in [-0.3, -0.25) is 4.79 Å². The summed E-state index contributed by atoms with van der Waals surface area (Å²) in [6.45, 7) is 4.16. The van der Waals surface area contributed by atoms with E-state index >= 15 is 0 Å². The first-order chi connectivity index (χ1) is 9.47. The topological polar surface area (TPSA) is 65.0 Å². The molecule has 1 aromatic carbocycles. The number of hydrogen-bond acceptors (Lipinski definition) is 5. The highest BCUT2D eigenvalue weighted by atomic mass is 16.6. The first-order valence-corrected chi connectivity index (χ1v) is 6.57. The van der Waals surface area contributed by atoms with Crippen molar-refractivity contribution in [2.24, 2.45) is 11.3 Å². The van der Waals surface area contributed by atoms with E-state index in [9.17, 15) is 9.90 Å². The lowest BCUT2D eigenvalue weighted by atomic mass is 9.80. The standard InChI is InChI=1S/C15H20O5/c1-10-13(16)20-14(17)15(10,2)9-19-8-11-4-6-12(18-3)7-5-11/h4-7,10,13,16H,8-9H2,1-3H3/t10-,13+,15-/m1/s1. The van der Waals surface area contributed by atoms with E-state index in [-0.39, 0.29) is 12.5 Å². The van der Waals surface area contributed by atoms with Crippen LogP contribution >= 0.6 is 0 Å². The Labute approximate surface area is 118 Å². The first-order valence-electron chi connectivity index (χ1n) is 6.57. The van der Waals surface area contributed by atoms with Gasteiger partial charge in [0.15, 0.2) is 0 Å². The van der Waals surface area contributed by atoms with E-state index in [0.717, 1.165) is 11.3 Å². The number of rotatable bonds is 5. The molecule has 1 saturated heterocycles. The Morgan fingerprint density at radius 2 is 2.00 bits per heavy atom. The number of ether oxygens (including phenoxy) is 3. The van der Waals surface area contributed by atoms with Crippen molar-refractivity contribution in [3.63, 3.8) is 0 Å². The summed E-state index contributed by atoms with van der Waals surface area (Å²) in [4.78, 5) is 11.8. The van der Waals surface area contributed by atoms with Gasteiger partial charge in [0.2, 0.25) is 6.29 Å². The highest BCUT2D eigenvalue weighted by Crippen LogP contribution is 2.38. The molecule has 110 valence electrons. The van der Waals surface area contributed by atoms with Crippen LogP contribution in [0.25, 0.3) is 0 Å². The molecule has 5 nitrogen and oxygen atoms in total. The quantitative estimate of drug-likeness (QED) is 0.832. The lowest BCUT2D eigenvalue weighted by Crippen LogP contribution is -2.34. The summed E-state index contributed by atoms with van der Waals surface area (Å²) >= 11 is 0. The van der Waals surface area contributed by atoms with Crippen molar-refractivity contribution in [2.75, 3.05) is 13.7 Å². The van der Waals surface area contributed by atoms with Gasteiger partial charge in [0.25, 0.3) is 0 Å². The minimum atomic E-state index is -1.04. The van der Waals surface area contributed by atoms with Crippen LogP contribution in [0.1, 0.15) is 19.4 Å². The van der Waals surface area contributed by atoms with Gasteiger partial charge in [-0.25, -0.2) is 0 Å². The highest BCUT2D eigenvalue weighted by molar-refractivity contribution is 5.79. The molecular weight excluding hydrogens is 260 g/mol. The minimum absolute atomic E-state index is 0.218.